The first-order valence-electron chi connectivity index (χ1n) is 7.15. The normalized spacial score (nSPS) is 10.6. The number of furan rings is 1. The standard InChI is InChI=1S/C18H18N2OS/c1-19-13-14-10-15(18-8-5-9-21-18)12-16(11-14)20-22-17-6-3-2-4-7-17/h2-12,19-20H,13H2,1H3. The van der Waals surface area contributed by atoms with Gasteiger partial charge < -0.3 is 14.5 Å². The molecule has 1 aromatic heterocycles. The molecule has 2 aromatic carbocycles. The van der Waals surface area contributed by atoms with Crippen molar-refractivity contribution in [2.75, 3.05) is 11.8 Å². The molecule has 0 aliphatic rings. The van der Waals surface area contributed by atoms with E-state index in [4.69, 9.17) is 4.42 Å². The Balaban J connectivity index is 1.83. The highest BCUT2D eigenvalue weighted by Crippen LogP contribution is 2.28. The minimum atomic E-state index is 0.819. The Bertz CT molecular complexity index is 711. The Morgan fingerprint density at radius 3 is 2.59 bits per heavy atom. The molecule has 3 nitrogen and oxygen atoms in total. The maximum atomic E-state index is 5.52. The molecule has 2 N–H and O–H groups in total. The Morgan fingerprint density at radius 2 is 1.86 bits per heavy atom. The van der Waals surface area contributed by atoms with Gasteiger partial charge >= 0.3 is 0 Å². The fourth-order valence-electron chi connectivity index (χ4n) is 2.25. The molecular formula is C18H18N2OS. The van der Waals surface area contributed by atoms with Gasteiger partial charge in [-0.2, -0.15) is 0 Å². The summed E-state index contributed by atoms with van der Waals surface area (Å²) in [6, 6.07) is 20.6. The van der Waals surface area contributed by atoms with Crippen molar-refractivity contribution in [3.63, 3.8) is 0 Å². The quantitative estimate of drug-likeness (QED) is 0.642. The number of rotatable bonds is 6. The van der Waals surface area contributed by atoms with Crippen LogP contribution in [0.3, 0.4) is 0 Å². The van der Waals surface area contributed by atoms with Crippen molar-refractivity contribution in [3.05, 3.63) is 72.5 Å². The lowest BCUT2D eigenvalue weighted by Gasteiger charge is -2.10. The summed E-state index contributed by atoms with van der Waals surface area (Å²) in [4.78, 5) is 1.18. The molecule has 0 radical (unpaired) electrons. The minimum Gasteiger partial charge on any atom is -0.464 e. The fourth-order valence-corrected chi connectivity index (χ4v) is 2.90. The summed E-state index contributed by atoms with van der Waals surface area (Å²) in [5, 5.41) is 3.19. The zero-order valence-electron chi connectivity index (χ0n) is 12.4. The van der Waals surface area contributed by atoms with Crippen LogP contribution in [0.15, 0.2) is 76.2 Å². The van der Waals surface area contributed by atoms with Crippen molar-refractivity contribution >= 4 is 17.6 Å². The molecule has 0 fully saturated rings. The van der Waals surface area contributed by atoms with E-state index in [0.717, 1.165) is 23.6 Å². The van der Waals surface area contributed by atoms with E-state index in [1.807, 2.05) is 37.4 Å². The van der Waals surface area contributed by atoms with Crippen LogP contribution in [0.5, 0.6) is 0 Å². The van der Waals surface area contributed by atoms with Crippen LogP contribution < -0.4 is 10.0 Å². The van der Waals surface area contributed by atoms with Gasteiger partial charge in [0.1, 0.15) is 5.76 Å². The fraction of sp³-hybridized carbons (Fsp3) is 0.111. The molecule has 0 spiro atoms. The van der Waals surface area contributed by atoms with E-state index in [0.29, 0.717) is 0 Å². The summed E-state index contributed by atoms with van der Waals surface area (Å²) in [6.45, 7) is 0.819. The van der Waals surface area contributed by atoms with Gasteiger partial charge in [-0.25, -0.2) is 0 Å². The number of benzene rings is 2. The van der Waals surface area contributed by atoms with Crippen LogP contribution >= 0.6 is 11.9 Å². The first-order valence-corrected chi connectivity index (χ1v) is 7.97. The van der Waals surface area contributed by atoms with Gasteiger partial charge in [-0.05, 0) is 67.0 Å². The van der Waals surface area contributed by atoms with Gasteiger partial charge in [-0.1, -0.05) is 18.2 Å². The topological polar surface area (TPSA) is 37.2 Å². The summed E-state index contributed by atoms with van der Waals surface area (Å²) in [6.07, 6.45) is 1.70. The van der Waals surface area contributed by atoms with Gasteiger partial charge in [0, 0.05) is 22.7 Å². The van der Waals surface area contributed by atoms with Gasteiger partial charge in [-0.15, -0.1) is 0 Å². The van der Waals surface area contributed by atoms with Crippen molar-refractivity contribution in [2.45, 2.75) is 11.4 Å². The van der Waals surface area contributed by atoms with Crippen molar-refractivity contribution in [2.24, 2.45) is 0 Å². The molecule has 3 rings (SSSR count). The second-order valence-corrected chi connectivity index (χ2v) is 5.82. The van der Waals surface area contributed by atoms with E-state index in [1.54, 1.807) is 18.2 Å². The van der Waals surface area contributed by atoms with Crippen molar-refractivity contribution in [3.8, 4) is 11.3 Å². The molecule has 0 bridgehead atoms. The third-order valence-electron chi connectivity index (χ3n) is 3.21. The van der Waals surface area contributed by atoms with Gasteiger partial charge in [0.15, 0.2) is 0 Å². The van der Waals surface area contributed by atoms with E-state index in [9.17, 15) is 0 Å². The van der Waals surface area contributed by atoms with Crippen molar-refractivity contribution in [1.29, 1.82) is 0 Å². The van der Waals surface area contributed by atoms with Gasteiger partial charge in [0.2, 0.25) is 0 Å². The molecule has 1 heterocycles. The zero-order valence-corrected chi connectivity index (χ0v) is 13.2. The lowest BCUT2D eigenvalue weighted by atomic mass is 10.1. The molecule has 3 aromatic rings. The number of nitrogens with one attached hydrogen (secondary N) is 2. The largest absolute Gasteiger partial charge is 0.464 e. The van der Waals surface area contributed by atoms with Crippen LogP contribution in [-0.4, -0.2) is 7.05 Å². The second-order valence-electron chi connectivity index (χ2n) is 4.94. The summed E-state index contributed by atoms with van der Waals surface area (Å²) < 4.78 is 8.92. The third kappa shape index (κ3) is 3.72. The molecule has 0 saturated heterocycles. The lowest BCUT2D eigenvalue weighted by molar-refractivity contribution is 0.582. The predicted molar refractivity (Wildman–Crippen MR) is 92.8 cm³/mol. The van der Waals surface area contributed by atoms with Crippen LogP contribution in [0.4, 0.5) is 5.69 Å². The van der Waals surface area contributed by atoms with Crippen LogP contribution in [0, 0.1) is 0 Å². The van der Waals surface area contributed by atoms with E-state index in [2.05, 4.69) is 40.4 Å². The smallest absolute Gasteiger partial charge is 0.133 e. The summed E-state index contributed by atoms with van der Waals surface area (Å²) >= 11 is 1.61. The molecule has 0 unspecified atom stereocenters. The lowest BCUT2D eigenvalue weighted by Crippen LogP contribution is -2.05. The van der Waals surface area contributed by atoms with Gasteiger partial charge in [-0.3, -0.25) is 0 Å². The highest BCUT2D eigenvalue weighted by Gasteiger charge is 2.06. The third-order valence-corrected chi connectivity index (χ3v) is 4.05. The van der Waals surface area contributed by atoms with Crippen LogP contribution in [0.2, 0.25) is 0 Å². The highest BCUT2D eigenvalue weighted by atomic mass is 32.2. The van der Waals surface area contributed by atoms with E-state index in [1.165, 1.54) is 10.5 Å². The molecule has 0 aliphatic heterocycles. The molecule has 0 aliphatic carbocycles. The Labute approximate surface area is 134 Å². The van der Waals surface area contributed by atoms with Crippen molar-refractivity contribution < 1.29 is 4.42 Å². The SMILES string of the molecule is CNCc1cc(NSc2ccccc2)cc(-c2ccco2)c1. The maximum absolute atomic E-state index is 5.52. The molecule has 0 amide bonds. The zero-order chi connectivity index (χ0) is 15.2. The summed E-state index contributed by atoms with van der Waals surface area (Å²) in [7, 11) is 1.95. The summed E-state index contributed by atoms with van der Waals surface area (Å²) in [5.74, 6) is 0.880. The summed E-state index contributed by atoms with van der Waals surface area (Å²) in [5.41, 5.74) is 3.36. The van der Waals surface area contributed by atoms with E-state index < -0.39 is 0 Å². The van der Waals surface area contributed by atoms with Crippen LogP contribution in [0.1, 0.15) is 5.56 Å². The number of anilines is 1. The Morgan fingerprint density at radius 1 is 1.00 bits per heavy atom. The van der Waals surface area contributed by atoms with E-state index >= 15 is 0 Å². The molecule has 112 valence electrons. The van der Waals surface area contributed by atoms with Crippen molar-refractivity contribution in [1.82, 2.24) is 5.32 Å². The number of hydrogen-bond acceptors (Lipinski definition) is 4. The van der Waals surface area contributed by atoms with Crippen LogP contribution in [0.25, 0.3) is 11.3 Å². The molecular weight excluding hydrogens is 292 g/mol. The molecule has 0 saturated carbocycles. The first-order chi connectivity index (χ1) is 10.8. The number of hydrogen-bond donors (Lipinski definition) is 2. The molecule has 4 heteroatoms. The average Bonchev–Trinajstić information content (AvgIpc) is 3.09. The van der Waals surface area contributed by atoms with E-state index in [-0.39, 0.29) is 0 Å². The second kappa shape index (κ2) is 7.20. The highest BCUT2D eigenvalue weighted by molar-refractivity contribution is 8.00. The molecule has 22 heavy (non-hydrogen) atoms. The van der Waals surface area contributed by atoms with Gasteiger partial charge in [0.25, 0.3) is 0 Å². The minimum absolute atomic E-state index is 0.819. The van der Waals surface area contributed by atoms with Gasteiger partial charge in [0.05, 0.1) is 6.26 Å². The molecule has 0 atom stereocenters. The van der Waals surface area contributed by atoms with Crippen LogP contribution in [-0.2, 0) is 6.54 Å². The predicted octanol–water partition coefficient (Wildman–Crippen LogP) is 4.79. The first kappa shape index (κ1) is 14.8. The Kier molecular flexibility index (Phi) is 4.83. The average molecular weight is 310 g/mol. The monoisotopic (exact) mass is 310 g/mol. The maximum Gasteiger partial charge on any atom is 0.133 e. The Hall–Kier alpha value is -2.17.